The quantitative estimate of drug-likeness (QED) is 0.526. The predicted octanol–water partition coefficient (Wildman–Crippen LogP) is 1.68. The van der Waals surface area contributed by atoms with Crippen molar-refractivity contribution in [1.29, 1.82) is 0 Å². The number of hydrogen-bond donors (Lipinski definition) is 0. The van der Waals surface area contributed by atoms with Crippen LogP contribution >= 0.6 is 0 Å². The van der Waals surface area contributed by atoms with Crippen molar-refractivity contribution in [3.05, 3.63) is 0 Å². The Morgan fingerprint density at radius 2 is 1.25 bits per heavy atom. The minimum atomic E-state index is 0.729. The van der Waals surface area contributed by atoms with Gasteiger partial charge in [0.2, 0.25) is 0 Å². The van der Waals surface area contributed by atoms with Crippen LogP contribution in [0.4, 0.5) is 0 Å². The molecule has 1 heteroatoms. The Hall–Kier alpha value is -0.0400. The molecule has 0 N–H and O–H groups in total. The monoisotopic (exact) mass is 162 g/mol. The van der Waals surface area contributed by atoms with Crippen molar-refractivity contribution in [3.8, 4) is 0 Å². The van der Waals surface area contributed by atoms with Crippen LogP contribution in [0, 0.1) is 35.5 Å². The number of hydrogen-bond acceptors (Lipinski definition) is 1. The van der Waals surface area contributed by atoms with Gasteiger partial charge in [0.05, 0.1) is 12.2 Å². The first-order valence-corrected chi connectivity index (χ1v) is 5.59. The average molecular weight is 162 g/mol. The molecule has 0 aromatic carbocycles. The Morgan fingerprint density at radius 3 is 1.83 bits per heavy atom. The summed E-state index contributed by atoms with van der Waals surface area (Å²) in [7, 11) is 0. The molecule has 0 amide bonds. The minimum absolute atomic E-state index is 0.729. The molecule has 0 aromatic rings. The third-order valence-corrected chi connectivity index (χ3v) is 5.84. The molecular weight excluding hydrogens is 148 g/mol. The Kier molecular flexibility index (Phi) is 0.654. The third-order valence-electron chi connectivity index (χ3n) is 5.84. The van der Waals surface area contributed by atoms with E-state index in [0.29, 0.717) is 0 Å². The van der Waals surface area contributed by atoms with E-state index >= 15 is 0 Å². The standard InChI is InChI=1S/C11H14O/c1-6-4-2-8-10(6)11-7(1)5(4)3-9(11)12-8/h4-11H,1-3H2/t4-,5+,6+,7-,8+,9-,10-,11-/m1/s1. The van der Waals surface area contributed by atoms with E-state index in [2.05, 4.69) is 0 Å². The maximum atomic E-state index is 6.13. The molecule has 0 spiro atoms. The van der Waals surface area contributed by atoms with E-state index in [1.807, 2.05) is 0 Å². The Morgan fingerprint density at radius 1 is 0.667 bits per heavy atom. The normalized spacial score (nSPS) is 80.0. The van der Waals surface area contributed by atoms with Crippen LogP contribution < -0.4 is 0 Å². The first-order chi connectivity index (χ1) is 5.93. The van der Waals surface area contributed by atoms with Crippen molar-refractivity contribution in [2.45, 2.75) is 31.5 Å². The Bertz CT molecular complexity index is 244. The zero-order valence-electron chi connectivity index (χ0n) is 7.15. The molecule has 1 nitrogen and oxygen atoms in total. The summed E-state index contributed by atoms with van der Waals surface area (Å²) < 4.78 is 6.13. The zero-order chi connectivity index (χ0) is 7.45. The molecule has 5 aliphatic rings. The van der Waals surface area contributed by atoms with Gasteiger partial charge in [-0.05, 0) is 54.8 Å². The summed E-state index contributed by atoms with van der Waals surface area (Å²) in [4.78, 5) is 0. The fourth-order valence-electron chi connectivity index (χ4n) is 5.87. The highest BCUT2D eigenvalue weighted by Gasteiger charge is 2.73. The van der Waals surface area contributed by atoms with Gasteiger partial charge in [-0.25, -0.2) is 0 Å². The van der Waals surface area contributed by atoms with E-state index < -0.39 is 0 Å². The largest absolute Gasteiger partial charge is 0.374 e. The van der Waals surface area contributed by atoms with Crippen LogP contribution in [-0.4, -0.2) is 12.2 Å². The van der Waals surface area contributed by atoms with Gasteiger partial charge in [0.25, 0.3) is 0 Å². The van der Waals surface area contributed by atoms with Crippen LogP contribution in [0.2, 0.25) is 0 Å². The second kappa shape index (κ2) is 1.39. The van der Waals surface area contributed by atoms with Gasteiger partial charge in [0.15, 0.2) is 0 Å². The first kappa shape index (κ1) is 5.64. The molecule has 8 atom stereocenters. The molecule has 1 heterocycles. The topological polar surface area (TPSA) is 9.23 Å². The summed E-state index contributed by atoms with van der Waals surface area (Å²) in [6.07, 6.45) is 5.95. The summed E-state index contributed by atoms with van der Waals surface area (Å²) in [5, 5.41) is 0. The van der Waals surface area contributed by atoms with Crippen LogP contribution in [0.25, 0.3) is 0 Å². The third kappa shape index (κ3) is 0.348. The second-order valence-electron chi connectivity index (χ2n) is 5.73. The summed E-state index contributed by atoms with van der Waals surface area (Å²) in [6, 6.07) is 0. The number of fused-ring (bicyclic) bond motifs is 1. The van der Waals surface area contributed by atoms with Gasteiger partial charge in [-0.3, -0.25) is 0 Å². The summed E-state index contributed by atoms with van der Waals surface area (Å²) in [6.45, 7) is 0. The van der Waals surface area contributed by atoms with Gasteiger partial charge in [0.1, 0.15) is 0 Å². The van der Waals surface area contributed by atoms with E-state index in [1.165, 1.54) is 12.8 Å². The highest BCUT2D eigenvalue weighted by molar-refractivity contribution is 5.20. The minimum Gasteiger partial charge on any atom is -0.374 e. The van der Waals surface area contributed by atoms with Gasteiger partial charge < -0.3 is 4.74 Å². The lowest BCUT2D eigenvalue weighted by Gasteiger charge is -2.23. The maximum absolute atomic E-state index is 6.13. The van der Waals surface area contributed by atoms with Gasteiger partial charge in [-0.1, -0.05) is 0 Å². The molecular formula is C11H14O. The summed E-state index contributed by atoms with van der Waals surface area (Å²) in [5.41, 5.74) is 0. The highest BCUT2D eigenvalue weighted by Crippen LogP contribution is 2.74. The summed E-state index contributed by atoms with van der Waals surface area (Å²) >= 11 is 0. The van der Waals surface area contributed by atoms with E-state index in [-0.39, 0.29) is 0 Å². The number of ether oxygens (including phenoxy) is 1. The van der Waals surface area contributed by atoms with Crippen LogP contribution in [0.1, 0.15) is 19.3 Å². The van der Waals surface area contributed by atoms with Gasteiger partial charge >= 0.3 is 0 Å². The molecule has 4 aliphatic carbocycles. The van der Waals surface area contributed by atoms with Crippen molar-refractivity contribution in [1.82, 2.24) is 0 Å². The van der Waals surface area contributed by atoms with E-state index in [0.717, 1.165) is 47.7 Å². The van der Waals surface area contributed by atoms with Crippen LogP contribution in [0.3, 0.4) is 0 Å². The van der Waals surface area contributed by atoms with E-state index in [9.17, 15) is 0 Å². The molecule has 64 valence electrons. The lowest BCUT2D eigenvalue weighted by molar-refractivity contribution is 0.0392. The Balaban J connectivity index is 1.87. The van der Waals surface area contributed by atoms with Crippen LogP contribution in [0.15, 0.2) is 0 Å². The van der Waals surface area contributed by atoms with Crippen molar-refractivity contribution in [2.75, 3.05) is 0 Å². The SMILES string of the molecule is C1[C@@H]2[C@H]3C[C@H]4O[C@H]5C[C@H]3[C@H]1[C@H]5[C@H]24. The van der Waals surface area contributed by atoms with E-state index in [1.54, 1.807) is 6.42 Å². The fraction of sp³-hybridized carbons (Fsp3) is 1.00. The van der Waals surface area contributed by atoms with Crippen molar-refractivity contribution in [2.24, 2.45) is 35.5 Å². The van der Waals surface area contributed by atoms with Crippen LogP contribution in [-0.2, 0) is 4.74 Å². The molecule has 2 bridgehead atoms. The van der Waals surface area contributed by atoms with Crippen molar-refractivity contribution < 1.29 is 4.74 Å². The molecule has 5 fully saturated rings. The maximum Gasteiger partial charge on any atom is 0.0616 e. The highest BCUT2D eigenvalue weighted by atomic mass is 16.5. The fourth-order valence-corrected chi connectivity index (χ4v) is 5.87. The molecule has 4 saturated carbocycles. The van der Waals surface area contributed by atoms with E-state index in [4.69, 9.17) is 4.74 Å². The van der Waals surface area contributed by atoms with Crippen LogP contribution in [0.5, 0.6) is 0 Å². The average Bonchev–Trinajstić information content (AvgIpc) is 2.57. The molecule has 5 rings (SSSR count). The summed E-state index contributed by atoms with van der Waals surface area (Å²) in [5.74, 6) is 6.58. The van der Waals surface area contributed by atoms with Crippen molar-refractivity contribution >= 4 is 0 Å². The Labute approximate surface area is 72.5 Å². The lowest BCUT2D eigenvalue weighted by atomic mass is 9.80. The van der Waals surface area contributed by atoms with Gasteiger partial charge in [-0.2, -0.15) is 0 Å². The van der Waals surface area contributed by atoms with Gasteiger partial charge in [-0.15, -0.1) is 0 Å². The molecule has 0 aromatic heterocycles. The smallest absolute Gasteiger partial charge is 0.0616 e. The molecule has 0 radical (unpaired) electrons. The predicted molar refractivity (Wildman–Crippen MR) is 43.5 cm³/mol. The zero-order valence-corrected chi connectivity index (χ0v) is 7.15. The van der Waals surface area contributed by atoms with Gasteiger partial charge in [0, 0.05) is 0 Å². The molecule has 1 aliphatic heterocycles. The first-order valence-electron chi connectivity index (χ1n) is 5.59. The van der Waals surface area contributed by atoms with Crippen molar-refractivity contribution in [3.63, 3.8) is 0 Å². The lowest BCUT2D eigenvalue weighted by Crippen LogP contribution is -2.22. The number of rotatable bonds is 0. The molecule has 1 saturated heterocycles. The molecule has 12 heavy (non-hydrogen) atoms. The second-order valence-corrected chi connectivity index (χ2v) is 5.73. The molecule has 0 unspecified atom stereocenters.